The second-order valence-electron chi connectivity index (χ2n) is 3.79. The molecule has 0 radical (unpaired) electrons. The molecule has 1 amide bonds. The first-order valence-corrected chi connectivity index (χ1v) is 5.23. The molecule has 0 aromatic carbocycles. The summed E-state index contributed by atoms with van der Waals surface area (Å²) in [5.74, 6) is -0.365. The van der Waals surface area contributed by atoms with Gasteiger partial charge in [0.05, 0.1) is 0 Å². The Bertz CT molecular complexity index is 583. The van der Waals surface area contributed by atoms with Crippen LogP contribution in [-0.2, 0) is 13.6 Å². The fraction of sp³-hybridized carbons (Fsp3) is 0.167. The average molecular weight is 231 g/mol. The Morgan fingerprint density at radius 1 is 1.47 bits per heavy atom. The second kappa shape index (κ2) is 4.69. The van der Waals surface area contributed by atoms with Gasteiger partial charge < -0.3 is 14.9 Å². The molecule has 0 bridgehead atoms. The van der Waals surface area contributed by atoms with Crippen molar-refractivity contribution in [2.45, 2.75) is 6.54 Å². The molecule has 0 aliphatic rings. The van der Waals surface area contributed by atoms with Crippen molar-refractivity contribution in [3.63, 3.8) is 0 Å². The summed E-state index contributed by atoms with van der Waals surface area (Å²) in [4.78, 5) is 25.8. The second-order valence-corrected chi connectivity index (χ2v) is 3.79. The van der Waals surface area contributed by atoms with Gasteiger partial charge in [-0.1, -0.05) is 0 Å². The minimum atomic E-state index is -0.365. The van der Waals surface area contributed by atoms with Crippen LogP contribution in [0.5, 0.6) is 0 Å². The third-order valence-corrected chi connectivity index (χ3v) is 2.41. The molecule has 2 rings (SSSR count). The topological polar surface area (TPSA) is 66.9 Å². The standard InChI is InChI=1S/C12H13N3O2/c1-15-5-3-9(8-15)6-14-12(17)10-7-13-4-2-11(10)16/h2-5,7-8H,6H2,1H3,(H,13,16)(H,14,17). The van der Waals surface area contributed by atoms with E-state index in [1.54, 1.807) is 0 Å². The molecule has 5 heteroatoms. The zero-order valence-corrected chi connectivity index (χ0v) is 9.43. The number of hydrogen-bond acceptors (Lipinski definition) is 2. The maximum absolute atomic E-state index is 11.7. The molecule has 2 heterocycles. The smallest absolute Gasteiger partial charge is 0.257 e. The van der Waals surface area contributed by atoms with Crippen LogP contribution in [0.1, 0.15) is 15.9 Å². The molecule has 17 heavy (non-hydrogen) atoms. The number of carbonyl (C=O) groups excluding carboxylic acids is 1. The Morgan fingerprint density at radius 3 is 2.94 bits per heavy atom. The molecule has 0 saturated carbocycles. The van der Waals surface area contributed by atoms with Crippen molar-refractivity contribution in [2.75, 3.05) is 0 Å². The number of aromatic nitrogens is 2. The largest absolute Gasteiger partial charge is 0.367 e. The number of pyridine rings is 1. The maximum atomic E-state index is 11.7. The number of rotatable bonds is 3. The Kier molecular flexibility index (Phi) is 3.09. The Balaban J connectivity index is 2.03. The van der Waals surface area contributed by atoms with Crippen molar-refractivity contribution in [1.82, 2.24) is 14.9 Å². The zero-order valence-electron chi connectivity index (χ0n) is 9.43. The van der Waals surface area contributed by atoms with E-state index in [2.05, 4.69) is 10.3 Å². The number of aromatic amines is 1. The summed E-state index contributed by atoms with van der Waals surface area (Å²) in [7, 11) is 1.91. The third-order valence-electron chi connectivity index (χ3n) is 2.41. The van der Waals surface area contributed by atoms with Gasteiger partial charge >= 0.3 is 0 Å². The van der Waals surface area contributed by atoms with Crippen molar-refractivity contribution in [3.8, 4) is 0 Å². The molecular formula is C12H13N3O2. The van der Waals surface area contributed by atoms with Gasteiger partial charge in [-0.3, -0.25) is 9.59 Å². The van der Waals surface area contributed by atoms with Gasteiger partial charge in [-0.25, -0.2) is 0 Å². The highest BCUT2D eigenvalue weighted by molar-refractivity contribution is 5.93. The minimum absolute atomic E-state index is 0.128. The first kappa shape index (κ1) is 11.2. The molecular weight excluding hydrogens is 218 g/mol. The number of amides is 1. The van der Waals surface area contributed by atoms with E-state index in [0.717, 1.165) is 5.56 Å². The highest BCUT2D eigenvalue weighted by Crippen LogP contribution is 1.99. The van der Waals surface area contributed by atoms with Crippen molar-refractivity contribution >= 4 is 5.91 Å². The van der Waals surface area contributed by atoms with Crippen LogP contribution in [0.4, 0.5) is 0 Å². The number of hydrogen-bond donors (Lipinski definition) is 2. The lowest BCUT2D eigenvalue weighted by molar-refractivity contribution is 0.0949. The average Bonchev–Trinajstić information content (AvgIpc) is 2.73. The summed E-state index contributed by atoms with van der Waals surface area (Å²) < 4.78 is 1.90. The Hall–Kier alpha value is -2.30. The highest BCUT2D eigenvalue weighted by atomic mass is 16.2. The lowest BCUT2D eigenvalue weighted by Crippen LogP contribution is -2.27. The molecule has 0 atom stereocenters. The number of nitrogens with zero attached hydrogens (tertiary/aromatic N) is 1. The molecule has 2 aromatic heterocycles. The summed E-state index contributed by atoms with van der Waals surface area (Å²) in [5.41, 5.74) is 0.839. The van der Waals surface area contributed by atoms with Gasteiger partial charge in [0.15, 0.2) is 5.43 Å². The van der Waals surface area contributed by atoms with Gasteiger partial charge in [0.2, 0.25) is 0 Å². The van der Waals surface area contributed by atoms with E-state index in [-0.39, 0.29) is 16.9 Å². The molecule has 0 aliphatic carbocycles. The molecule has 0 fully saturated rings. The Labute approximate surface area is 98.1 Å². The van der Waals surface area contributed by atoms with Crippen LogP contribution < -0.4 is 10.7 Å². The Morgan fingerprint density at radius 2 is 2.29 bits per heavy atom. The lowest BCUT2D eigenvalue weighted by Gasteiger charge is -2.02. The van der Waals surface area contributed by atoms with Crippen LogP contribution >= 0.6 is 0 Å². The van der Waals surface area contributed by atoms with Crippen molar-refractivity contribution in [2.24, 2.45) is 7.05 Å². The van der Waals surface area contributed by atoms with Crippen LogP contribution in [0, 0.1) is 0 Å². The summed E-state index contributed by atoms with van der Waals surface area (Å²) in [6.07, 6.45) is 6.71. The van der Waals surface area contributed by atoms with Crippen molar-refractivity contribution in [1.29, 1.82) is 0 Å². The van der Waals surface area contributed by atoms with Gasteiger partial charge in [0.25, 0.3) is 5.91 Å². The van der Waals surface area contributed by atoms with Gasteiger partial charge in [0, 0.05) is 44.4 Å². The minimum Gasteiger partial charge on any atom is -0.367 e. The summed E-state index contributed by atoms with van der Waals surface area (Å²) in [6, 6.07) is 3.24. The highest BCUT2D eigenvalue weighted by Gasteiger charge is 2.08. The first-order valence-electron chi connectivity index (χ1n) is 5.23. The molecule has 0 saturated heterocycles. The molecule has 2 aromatic rings. The van der Waals surface area contributed by atoms with Crippen LogP contribution in [0.2, 0.25) is 0 Å². The van der Waals surface area contributed by atoms with Crippen LogP contribution in [0.3, 0.4) is 0 Å². The van der Waals surface area contributed by atoms with E-state index >= 15 is 0 Å². The lowest BCUT2D eigenvalue weighted by atomic mass is 10.2. The maximum Gasteiger partial charge on any atom is 0.257 e. The predicted octanol–water partition coefficient (Wildman–Crippen LogP) is 0.643. The molecule has 88 valence electrons. The van der Waals surface area contributed by atoms with E-state index < -0.39 is 0 Å². The molecule has 2 N–H and O–H groups in total. The van der Waals surface area contributed by atoms with E-state index in [1.807, 2.05) is 30.1 Å². The molecule has 0 aliphatic heterocycles. The summed E-state index contributed by atoms with van der Waals surface area (Å²) in [5, 5.41) is 2.70. The SMILES string of the molecule is Cn1ccc(CNC(=O)c2c[nH]ccc2=O)c1. The summed E-state index contributed by atoms with van der Waals surface area (Å²) >= 11 is 0. The summed E-state index contributed by atoms with van der Waals surface area (Å²) in [6.45, 7) is 0.411. The third kappa shape index (κ3) is 2.63. The van der Waals surface area contributed by atoms with Gasteiger partial charge in [-0.2, -0.15) is 0 Å². The van der Waals surface area contributed by atoms with Gasteiger partial charge in [0.1, 0.15) is 5.56 Å². The van der Waals surface area contributed by atoms with Crippen LogP contribution in [0.25, 0.3) is 0 Å². The number of nitrogens with one attached hydrogen (secondary N) is 2. The quantitative estimate of drug-likeness (QED) is 0.814. The monoisotopic (exact) mass is 231 g/mol. The van der Waals surface area contributed by atoms with E-state index in [9.17, 15) is 9.59 Å². The van der Waals surface area contributed by atoms with Crippen molar-refractivity contribution < 1.29 is 4.79 Å². The van der Waals surface area contributed by atoms with Gasteiger partial charge in [-0.15, -0.1) is 0 Å². The zero-order chi connectivity index (χ0) is 12.3. The molecule has 0 unspecified atom stereocenters. The van der Waals surface area contributed by atoms with Gasteiger partial charge in [-0.05, 0) is 11.6 Å². The molecule has 0 spiro atoms. The van der Waals surface area contributed by atoms with E-state index in [0.29, 0.717) is 6.54 Å². The van der Waals surface area contributed by atoms with E-state index in [1.165, 1.54) is 18.5 Å². The van der Waals surface area contributed by atoms with Crippen molar-refractivity contribution in [3.05, 3.63) is 58.3 Å². The van der Waals surface area contributed by atoms with Crippen LogP contribution in [0.15, 0.2) is 41.7 Å². The van der Waals surface area contributed by atoms with Crippen LogP contribution in [-0.4, -0.2) is 15.5 Å². The fourth-order valence-corrected chi connectivity index (χ4v) is 1.54. The molecule has 5 nitrogen and oxygen atoms in total. The number of aryl methyl sites for hydroxylation is 1. The normalized spacial score (nSPS) is 10.2. The predicted molar refractivity (Wildman–Crippen MR) is 63.6 cm³/mol. The fourth-order valence-electron chi connectivity index (χ4n) is 1.54. The number of carbonyl (C=O) groups is 1. The number of H-pyrrole nitrogens is 1. The first-order chi connectivity index (χ1) is 8.16. The van der Waals surface area contributed by atoms with E-state index in [4.69, 9.17) is 0 Å².